The van der Waals surface area contributed by atoms with Gasteiger partial charge in [0.1, 0.15) is 36.3 Å². The summed E-state index contributed by atoms with van der Waals surface area (Å²) in [5.41, 5.74) is 7.52. The molecule has 2 aliphatic rings. The van der Waals surface area contributed by atoms with Crippen LogP contribution >= 0.6 is 24.8 Å². The number of aromatic amines is 2. The number of furan rings is 2. The van der Waals surface area contributed by atoms with Crippen molar-refractivity contribution >= 4 is 58.6 Å². The molecule has 0 saturated heterocycles. The van der Waals surface area contributed by atoms with Crippen LogP contribution in [0.2, 0.25) is 0 Å². The minimum atomic E-state index is 0. The quantitative estimate of drug-likeness (QED) is 0.132. The summed E-state index contributed by atoms with van der Waals surface area (Å²) in [5, 5.41) is 24.0. The molecule has 0 atom stereocenters. The lowest BCUT2D eigenvalue weighted by Gasteiger charge is -2.01. The van der Waals surface area contributed by atoms with Gasteiger partial charge in [-0.15, -0.1) is 35.0 Å². The van der Waals surface area contributed by atoms with E-state index in [2.05, 4.69) is 63.3 Å². The number of benzene rings is 2. The number of amidine groups is 2. The van der Waals surface area contributed by atoms with Gasteiger partial charge in [-0.2, -0.15) is 0 Å². The third-order valence-electron chi connectivity index (χ3n) is 9.32. The Morgan fingerprint density at radius 2 is 1.09 bits per heavy atom. The van der Waals surface area contributed by atoms with Gasteiger partial charge in [0.15, 0.2) is 23.2 Å². The molecule has 18 heteroatoms. The number of aryl methyl sites for hydroxylation is 2. The number of fused-ring (bicyclic) bond motifs is 2. The molecule has 16 nitrogen and oxygen atoms in total. The van der Waals surface area contributed by atoms with Crippen molar-refractivity contribution in [3.8, 4) is 23.2 Å². The van der Waals surface area contributed by atoms with E-state index in [4.69, 9.17) is 18.8 Å². The molecule has 0 amide bonds. The summed E-state index contributed by atoms with van der Waals surface area (Å²) >= 11 is 0. The first-order valence-electron chi connectivity index (χ1n) is 17.7. The molecule has 8 heterocycles. The van der Waals surface area contributed by atoms with E-state index in [1.807, 2.05) is 60.9 Å². The zero-order valence-electron chi connectivity index (χ0n) is 29.4. The Hall–Kier alpha value is -6.26. The topological polar surface area (TPSA) is 194 Å². The van der Waals surface area contributed by atoms with Crippen molar-refractivity contribution in [2.24, 2.45) is 9.98 Å². The summed E-state index contributed by atoms with van der Waals surface area (Å²) in [6, 6.07) is 19.9. The van der Waals surface area contributed by atoms with Gasteiger partial charge in [0.05, 0.1) is 46.5 Å². The normalized spacial score (nSPS) is 13.7. The fourth-order valence-electron chi connectivity index (χ4n) is 6.74. The lowest BCUT2D eigenvalue weighted by Crippen LogP contribution is -2.19. The van der Waals surface area contributed by atoms with E-state index in [9.17, 15) is 0 Å². The van der Waals surface area contributed by atoms with E-state index in [1.165, 1.54) is 0 Å². The highest BCUT2D eigenvalue weighted by molar-refractivity contribution is 6.03. The number of aliphatic imine (C=N–C) groups is 2. The van der Waals surface area contributed by atoms with E-state index < -0.39 is 0 Å². The summed E-state index contributed by atoms with van der Waals surface area (Å²) in [7, 11) is 0. The van der Waals surface area contributed by atoms with Crippen molar-refractivity contribution in [2.45, 2.75) is 32.4 Å². The summed E-state index contributed by atoms with van der Waals surface area (Å²) < 4.78 is 15.8. The van der Waals surface area contributed by atoms with Gasteiger partial charge in [0, 0.05) is 36.6 Å². The highest BCUT2D eigenvalue weighted by Gasteiger charge is 2.16. The van der Waals surface area contributed by atoms with Crippen LogP contribution in [0.15, 0.2) is 91.9 Å². The fraction of sp³-hybridized carbons (Fsp3) is 0.243. The number of imidazole rings is 2. The summed E-state index contributed by atoms with van der Waals surface area (Å²) in [6.45, 7) is 4.27. The molecular weight excluding hydrogens is 743 g/mol. The second-order valence-electron chi connectivity index (χ2n) is 13.1. The van der Waals surface area contributed by atoms with Crippen LogP contribution in [0.5, 0.6) is 0 Å². The molecule has 280 valence electrons. The second-order valence-corrected chi connectivity index (χ2v) is 13.1. The number of aromatic nitrogens is 10. The number of nitrogens with one attached hydrogen (secondary N) is 4. The third kappa shape index (κ3) is 7.46. The molecule has 6 aromatic heterocycles. The number of H-pyrrole nitrogens is 2. The van der Waals surface area contributed by atoms with Crippen molar-refractivity contribution in [1.29, 1.82) is 0 Å². The first-order chi connectivity index (χ1) is 26.1. The predicted molar refractivity (Wildman–Crippen MR) is 211 cm³/mol. The lowest BCUT2D eigenvalue weighted by atomic mass is 10.2. The van der Waals surface area contributed by atoms with Crippen LogP contribution in [0.25, 0.3) is 45.2 Å². The fourth-order valence-corrected chi connectivity index (χ4v) is 6.74. The van der Waals surface area contributed by atoms with Crippen LogP contribution in [0.3, 0.4) is 0 Å². The van der Waals surface area contributed by atoms with E-state index in [1.54, 1.807) is 9.36 Å². The van der Waals surface area contributed by atoms with E-state index in [-0.39, 0.29) is 24.8 Å². The number of rotatable bonds is 12. The highest BCUT2D eigenvalue weighted by atomic mass is 35.5. The summed E-state index contributed by atoms with van der Waals surface area (Å²) in [4.78, 5) is 25.2. The monoisotopic (exact) mass is 778 g/mol. The number of halogens is 2. The molecule has 55 heavy (non-hydrogen) atoms. The molecule has 0 saturated carbocycles. The van der Waals surface area contributed by atoms with Gasteiger partial charge in [0.25, 0.3) is 0 Å². The zero-order chi connectivity index (χ0) is 35.1. The molecule has 0 spiro atoms. The van der Waals surface area contributed by atoms with Crippen LogP contribution in [-0.4, -0.2) is 87.8 Å². The minimum Gasteiger partial charge on any atom is -0.456 e. The molecule has 10 rings (SSSR count). The SMILES string of the molecule is Cl.Cl.c1cc2nc(-c3ccc(Cn4cc(CCCc5cn(Cc6ccc(-c7nc8ccc(C9=NCCN9)cc8[nH]7)o6)nn5)nn4)o3)[nH]c2cc1C1=NCCN1. The first kappa shape index (κ1) is 35.8. The van der Waals surface area contributed by atoms with Crippen molar-refractivity contribution in [2.75, 3.05) is 26.2 Å². The second kappa shape index (κ2) is 15.2. The van der Waals surface area contributed by atoms with Crippen molar-refractivity contribution in [1.82, 2.24) is 60.6 Å². The van der Waals surface area contributed by atoms with E-state index in [0.717, 1.165) is 113 Å². The molecule has 4 N–H and O–H groups in total. The van der Waals surface area contributed by atoms with Crippen LogP contribution in [0.4, 0.5) is 0 Å². The molecule has 0 unspecified atom stereocenters. The van der Waals surface area contributed by atoms with Gasteiger partial charge in [0.2, 0.25) is 0 Å². The van der Waals surface area contributed by atoms with Crippen molar-refractivity contribution < 1.29 is 8.83 Å². The van der Waals surface area contributed by atoms with Gasteiger partial charge in [-0.1, -0.05) is 10.4 Å². The van der Waals surface area contributed by atoms with Crippen LogP contribution in [-0.2, 0) is 25.9 Å². The lowest BCUT2D eigenvalue weighted by molar-refractivity contribution is 0.483. The molecule has 2 aliphatic heterocycles. The standard InChI is InChI=1S/C37H34N14O2.2ClH/c1(2-24-18-50(48-46-24)20-26-6-10-32(52-26)36-42-28-8-4-22(16-30(28)44-36)34-38-12-13-39-34)3-25-19-51(49-47-25)21-27-7-11-33(53-27)37-43-29-9-5-23(17-31(29)45-37)35-40-14-15-41-35;;/h4-11,16-19H,1-3,12-15,20-21H2,(H,38,39)(H,40,41)(H,42,44)(H,43,45);2*1H. The maximum atomic E-state index is 6.13. The molecule has 0 aliphatic carbocycles. The van der Waals surface area contributed by atoms with E-state index in [0.29, 0.717) is 36.3 Å². The van der Waals surface area contributed by atoms with Crippen LogP contribution in [0.1, 0.15) is 40.5 Å². The number of nitrogens with zero attached hydrogens (tertiary/aromatic N) is 10. The molecule has 0 fully saturated rings. The zero-order valence-corrected chi connectivity index (χ0v) is 31.0. The Kier molecular flexibility index (Phi) is 9.90. The van der Waals surface area contributed by atoms with Crippen molar-refractivity contribution in [3.63, 3.8) is 0 Å². The van der Waals surface area contributed by atoms with Crippen LogP contribution < -0.4 is 10.6 Å². The van der Waals surface area contributed by atoms with Gasteiger partial charge in [-0.3, -0.25) is 9.98 Å². The van der Waals surface area contributed by atoms with Gasteiger partial charge >= 0.3 is 0 Å². The molecule has 2 aromatic carbocycles. The third-order valence-corrected chi connectivity index (χ3v) is 9.32. The molecule has 8 aromatic rings. The number of hydrogen-bond donors (Lipinski definition) is 4. The number of hydrogen-bond acceptors (Lipinski definition) is 12. The van der Waals surface area contributed by atoms with Crippen LogP contribution in [0, 0.1) is 0 Å². The predicted octanol–water partition coefficient (Wildman–Crippen LogP) is 4.96. The molecular formula is C37H36Cl2N14O2. The molecule has 0 bridgehead atoms. The smallest absolute Gasteiger partial charge is 0.174 e. The average molecular weight is 780 g/mol. The Morgan fingerprint density at radius 3 is 1.55 bits per heavy atom. The Bertz CT molecular complexity index is 2480. The summed E-state index contributed by atoms with van der Waals surface area (Å²) in [5.74, 6) is 6.07. The first-order valence-corrected chi connectivity index (χ1v) is 17.7. The highest BCUT2D eigenvalue weighted by Crippen LogP contribution is 2.26. The van der Waals surface area contributed by atoms with E-state index >= 15 is 0 Å². The Labute approximate surface area is 325 Å². The summed E-state index contributed by atoms with van der Waals surface area (Å²) in [6.07, 6.45) is 6.31. The largest absolute Gasteiger partial charge is 0.456 e. The van der Waals surface area contributed by atoms with Gasteiger partial charge < -0.3 is 29.4 Å². The maximum absolute atomic E-state index is 6.13. The molecule has 0 radical (unpaired) electrons. The van der Waals surface area contributed by atoms with Crippen molar-refractivity contribution in [3.05, 3.63) is 107 Å². The van der Waals surface area contributed by atoms with Gasteiger partial charge in [-0.05, 0) is 79.9 Å². The van der Waals surface area contributed by atoms with Gasteiger partial charge in [-0.25, -0.2) is 19.3 Å². The maximum Gasteiger partial charge on any atom is 0.174 e. The Morgan fingerprint density at radius 1 is 0.600 bits per heavy atom. The average Bonchev–Trinajstić information content (AvgIpc) is 4.02. The minimum absolute atomic E-state index is 0. The Balaban J connectivity index is 0.00000214.